The molecule has 2 N–H and O–H groups in total. The van der Waals surface area contributed by atoms with Crippen LogP contribution in [0.1, 0.15) is 55.9 Å². The fraction of sp³-hybridized carbons (Fsp3) is 0.458. The summed E-state index contributed by atoms with van der Waals surface area (Å²) in [6, 6.07) is 9.09. The average molecular weight is 438 g/mol. The number of halogens is 1. The molecule has 31 heavy (non-hydrogen) atoms. The Morgan fingerprint density at radius 2 is 1.84 bits per heavy atom. The fourth-order valence-electron chi connectivity index (χ4n) is 4.57. The molecule has 7 heteroatoms. The van der Waals surface area contributed by atoms with Gasteiger partial charge >= 0.3 is 0 Å². The average Bonchev–Trinajstić information content (AvgIpc) is 3.26. The monoisotopic (exact) mass is 437 g/mol. The summed E-state index contributed by atoms with van der Waals surface area (Å²) >= 11 is 1.70. The van der Waals surface area contributed by atoms with Crippen LogP contribution in [0.3, 0.4) is 0 Å². The molecular formula is C24H28FN5S. The second-order valence-electron chi connectivity index (χ2n) is 8.51. The maximum absolute atomic E-state index is 14.0. The van der Waals surface area contributed by atoms with Gasteiger partial charge in [-0.3, -0.25) is 0 Å². The first kappa shape index (κ1) is 20.5. The third-order valence-corrected chi connectivity index (χ3v) is 7.50. The standard InChI is InChI=1S/C24H28FN5S/c25-18-6-4-5-17(15-18)21-22(31-23(30-21)16-9-12-26-13-10-16)20-11-14-27-24(29-20)28-19-7-2-1-3-8-19/h4-6,11,14-16,19,26H,1-3,7-10,12-13H2,(H,27,28,29). The molecule has 5 rings (SSSR count). The van der Waals surface area contributed by atoms with Crippen LogP contribution in [0.25, 0.3) is 21.8 Å². The number of aromatic nitrogens is 3. The van der Waals surface area contributed by atoms with Crippen molar-refractivity contribution in [2.45, 2.75) is 56.9 Å². The summed E-state index contributed by atoms with van der Waals surface area (Å²) in [5.41, 5.74) is 2.47. The highest BCUT2D eigenvalue weighted by Gasteiger charge is 2.24. The lowest BCUT2D eigenvalue weighted by Gasteiger charge is -2.22. The van der Waals surface area contributed by atoms with Crippen molar-refractivity contribution in [3.05, 3.63) is 47.4 Å². The zero-order chi connectivity index (χ0) is 21.0. The van der Waals surface area contributed by atoms with Crippen molar-refractivity contribution < 1.29 is 4.39 Å². The highest BCUT2D eigenvalue weighted by molar-refractivity contribution is 7.15. The summed E-state index contributed by atoms with van der Waals surface area (Å²) in [5.74, 6) is 0.864. The molecule has 0 unspecified atom stereocenters. The van der Waals surface area contributed by atoms with Crippen LogP contribution < -0.4 is 10.6 Å². The Morgan fingerprint density at radius 1 is 1.00 bits per heavy atom. The van der Waals surface area contributed by atoms with Gasteiger partial charge in [0.2, 0.25) is 5.95 Å². The molecule has 1 saturated heterocycles. The van der Waals surface area contributed by atoms with E-state index in [1.54, 1.807) is 23.5 Å². The third-order valence-electron chi connectivity index (χ3n) is 6.26. The van der Waals surface area contributed by atoms with Crippen molar-refractivity contribution in [2.75, 3.05) is 18.4 Å². The largest absolute Gasteiger partial charge is 0.351 e. The maximum atomic E-state index is 14.0. The molecule has 3 heterocycles. The first-order valence-electron chi connectivity index (χ1n) is 11.3. The van der Waals surface area contributed by atoms with Crippen molar-refractivity contribution in [1.82, 2.24) is 20.3 Å². The highest BCUT2D eigenvalue weighted by atomic mass is 32.1. The number of hydrogen-bond donors (Lipinski definition) is 2. The molecule has 1 saturated carbocycles. The van der Waals surface area contributed by atoms with Gasteiger partial charge in [0, 0.05) is 23.7 Å². The predicted molar refractivity (Wildman–Crippen MR) is 124 cm³/mol. The minimum atomic E-state index is -0.248. The molecule has 2 fully saturated rings. The molecule has 1 aliphatic carbocycles. The highest BCUT2D eigenvalue weighted by Crippen LogP contribution is 2.40. The molecule has 3 aromatic rings. The summed E-state index contributed by atoms with van der Waals surface area (Å²) in [6.45, 7) is 2.02. The van der Waals surface area contributed by atoms with Crippen LogP contribution in [0.2, 0.25) is 0 Å². The molecule has 0 amide bonds. The van der Waals surface area contributed by atoms with Crippen molar-refractivity contribution in [3.8, 4) is 21.8 Å². The molecule has 5 nitrogen and oxygen atoms in total. The number of rotatable bonds is 5. The number of hydrogen-bond acceptors (Lipinski definition) is 6. The van der Waals surface area contributed by atoms with E-state index >= 15 is 0 Å². The summed E-state index contributed by atoms with van der Waals surface area (Å²) in [5, 5.41) is 8.07. The minimum Gasteiger partial charge on any atom is -0.351 e. The van der Waals surface area contributed by atoms with E-state index in [0.29, 0.717) is 17.9 Å². The molecule has 162 valence electrons. The number of benzene rings is 1. The molecule has 2 aromatic heterocycles. The van der Waals surface area contributed by atoms with Crippen LogP contribution in [-0.4, -0.2) is 34.1 Å². The van der Waals surface area contributed by atoms with E-state index < -0.39 is 0 Å². The second-order valence-corrected chi connectivity index (χ2v) is 9.54. The van der Waals surface area contributed by atoms with Crippen molar-refractivity contribution in [2.24, 2.45) is 0 Å². The number of nitrogens with zero attached hydrogens (tertiary/aromatic N) is 3. The van der Waals surface area contributed by atoms with Gasteiger partial charge < -0.3 is 10.6 Å². The van der Waals surface area contributed by atoms with Gasteiger partial charge in [-0.2, -0.15) is 0 Å². The van der Waals surface area contributed by atoms with Crippen LogP contribution in [0, 0.1) is 5.82 Å². The third kappa shape index (κ3) is 4.77. The van der Waals surface area contributed by atoms with Gasteiger partial charge in [-0.1, -0.05) is 31.4 Å². The van der Waals surface area contributed by atoms with Crippen LogP contribution in [0.4, 0.5) is 10.3 Å². The lowest BCUT2D eigenvalue weighted by Crippen LogP contribution is -2.26. The zero-order valence-electron chi connectivity index (χ0n) is 17.6. The number of nitrogens with one attached hydrogen (secondary N) is 2. The summed E-state index contributed by atoms with van der Waals surface area (Å²) in [4.78, 5) is 15.3. The summed E-state index contributed by atoms with van der Waals surface area (Å²) in [6.07, 6.45) is 10.1. The Labute approximate surface area is 186 Å². The van der Waals surface area contributed by atoms with Gasteiger partial charge in [0.05, 0.1) is 21.3 Å². The molecule has 0 radical (unpaired) electrons. The van der Waals surface area contributed by atoms with Crippen molar-refractivity contribution in [1.29, 1.82) is 0 Å². The van der Waals surface area contributed by atoms with Gasteiger partial charge in [-0.25, -0.2) is 19.3 Å². The van der Waals surface area contributed by atoms with E-state index in [0.717, 1.165) is 52.8 Å². The smallest absolute Gasteiger partial charge is 0.223 e. The number of anilines is 1. The summed E-state index contributed by atoms with van der Waals surface area (Å²) in [7, 11) is 0. The zero-order valence-corrected chi connectivity index (χ0v) is 18.4. The van der Waals surface area contributed by atoms with Gasteiger partial charge in [0.1, 0.15) is 5.82 Å². The molecule has 0 atom stereocenters. The number of thiazole rings is 1. The fourth-order valence-corrected chi connectivity index (χ4v) is 5.80. The Morgan fingerprint density at radius 3 is 2.65 bits per heavy atom. The van der Waals surface area contributed by atoms with Gasteiger partial charge in [0.15, 0.2) is 0 Å². The van der Waals surface area contributed by atoms with E-state index in [-0.39, 0.29) is 5.82 Å². The van der Waals surface area contributed by atoms with E-state index in [1.807, 2.05) is 18.3 Å². The number of piperidine rings is 1. The quantitative estimate of drug-likeness (QED) is 0.543. The van der Waals surface area contributed by atoms with Crippen molar-refractivity contribution in [3.63, 3.8) is 0 Å². The van der Waals surface area contributed by atoms with E-state index in [4.69, 9.17) is 9.97 Å². The summed E-state index contributed by atoms with van der Waals surface area (Å²) < 4.78 is 14.0. The second kappa shape index (κ2) is 9.40. The van der Waals surface area contributed by atoms with Crippen LogP contribution >= 0.6 is 11.3 Å². The van der Waals surface area contributed by atoms with Gasteiger partial charge in [0.25, 0.3) is 0 Å². The van der Waals surface area contributed by atoms with Gasteiger partial charge in [-0.05, 0) is 57.0 Å². The molecule has 1 aromatic carbocycles. The SMILES string of the molecule is Fc1cccc(-c2nc(C3CCNCC3)sc2-c2ccnc(NC3CCCCC3)n2)c1. The van der Waals surface area contributed by atoms with Gasteiger partial charge in [-0.15, -0.1) is 11.3 Å². The van der Waals surface area contributed by atoms with Crippen LogP contribution in [0.5, 0.6) is 0 Å². The Kier molecular flexibility index (Phi) is 6.22. The molecule has 2 aliphatic rings. The topological polar surface area (TPSA) is 62.7 Å². The van der Waals surface area contributed by atoms with Crippen molar-refractivity contribution >= 4 is 17.3 Å². The first-order chi connectivity index (χ1) is 15.3. The Balaban J connectivity index is 1.51. The van der Waals surface area contributed by atoms with Crippen LogP contribution in [0.15, 0.2) is 36.5 Å². The molecule has 0 spiro atoms. The first-order valence-corrected chi connectivity index (χ1v) is 12.2. The minimum absolute atomic E-state index is 0.248. The van der Waals surface area contributed by atoms with E-state index in [1.165, 1.54) is 38.2 Å². The normalized spacial score (nSPS) is 18.2. The lowest BCUT2D eigenvalue weighted by molar-refractivity contribution is 0.459. The predicted octanol–water partition coefficient (Wildman–Crippen LogP) is 5.62. The van der Waals surface area contributed by atoms with E-state index in [2.05, 4.69) is 15.6 Å². The Hall–Kier alpha value is -2.38. The molecule has 1 aliphatic heterocycles. The maximum Gasteiger partial charge on any atom is 0.223 e. The molecular weight excluding hydrogens is 409 g/mol. The van der Waals surface area contributed by atoms with Crippen LogP contribution in [-0.2, 0) is 0 Å². The van der Waals surface area contributed by atoms with E-state index in [9.17, 15) is 4.39 Å². The lowest BCUT2D eigenvalue weighted by atomic mass is 9.96. The Bertz CT molecular complexity index is 1020. The molecule has 0 bridgehead atoms.